The number of rotatable bonds is 3. The van der Waals surface area contributed by atoms with E-state index in [1.807, 2.05) is 15.7 Å². The SMILES string of the molecule is CC(C)n1cnc(C(=O)N2C[C@@H]3C(C4=NOC(C)(C)[C@H]4C)[C@@H]3C2)c1. The van der Waals surface area contributed by atoms with Crippen molar-refractivity contribution in [3.05, 3.63) is 18.2 Å². The fourth-order valence-electron chi connectivity index (χ4n) is 4.06. The molecule has 0 aromatic carbocycles. The topological polar surface area (TPSA) is 59.7 Å². The molecule has 4 atom stereocenters. The molecule has 3 heterocycles. The van der Waals surface area contributed by atoms with Gasteiger partial charge >= 0.3 is 0 Å². The van der Waals surface area contributed by atoms with Crippen LogP contribution in [0.5, 0.6) is 0 Å². The van der Waals surface area contributed by atoms with Crippen LogP contribution in [0.3, 0.4) is 0 Å². The number of carbonyl (C=O) groups is 1. The molecule has 2 aliphatic heterocycles. The van der Waals surface area contributed by atoms with Crippen LogP contribution in [0, 0.1) is 23.7 Å². The number of carbonyl (C=O) groups excluding carboxylic acids is 1. The Morgan fingerprint density at radius 1 is 1.33 bits per heavy atom. The Morgan fingerprint density at radius 2 is 2.00 bits per heavy atom. The van der Waals surface area contributed by atoms with Gasteiger partial charge in [0.25, 0.3) is 5.91 Å². The Morgan fingerprint density at radius 3 is 2.50 bits per heavy atom. The van der Waals surface area contributed by atoms with Gasteiger partial charge < -0.3 is 14.3 Å². The van der Waals surface area contributed by atoms with Crippen LogP contribution in [0.15, 0.2) is 17.7 Å². The second kappa shape index (κ2) is 5.07. The van der Waals surface area contributed by atoms with Crippen LogP contribution >= 0.6 is 0 Å². The minimum atomic E-state index is -0.203. The normalized spacial score (nSPS) is 33.4. The van der Waals surface area contributed by atoms with E-state index in [1.165, 1.54) is 5.71 Å². The Bertz CT molecular complexity index is 694. The fraction of sp³-hybridized carbons (Fsp3) is 0.722. The zero-order valence-corrected chi connectivity index (χ0v) is 15.1. The van der Waals surface area contributed by atoms with Crippen LogP contribution in [-0.4, -0.2) is 44.8 Å². The lowest BCUT2D eigenvalue weighted by Crippen LogP contribution is -2.35. The smallest absolute Gasteiger partial charge is 0.274 e. The Labute approximate surface area is 142 Å². The second-order valence-electron chi connectivity index (χ2n) is 8.30. The van der Waals surface area contributed by atoms with E-state index in [9.17, 15) is 4.79 Å². The first kappa shape index (κ1) is 15.7. The van der Waals surface area contributed by atoms with Crippen molar-refractivity contribution < 1.29 is 9.63 Å². The van der Waals surface area contributed by atoms with Crippen molar-refractivity contribution in [2.24, 2.45) is 28.8 Å². The highest BCUT2D eigenvalue weighted by Gasteiger charge is 2.61. The minimum absolute atomic E-state index is 0.0540. The molecule has 24 heavy (non-hydrogen) atoms. The standard InChI is InChI=1S/C18H26N4O2/c1-10(2)22-8-14(19-9-22)17(23)21-6-12-13(7-21)15(12)16-11(3)18(4,5)24-20-16/h8-13,15H,6-7H2,1-5H3/t11-,12-,13+,15?/m0/s1. The predicted molar refractivity (Wildman–Crippen MR) is 90.7 cm³/mol. The number of hydrogen-bond acceptors (Lipinski definition) is 4. The summed E-state index contributed by atoms with van der Waals surface area (Å²) < 4.78 is 1.97. The summed E-state index contributed by atoms with van der Waals surface area (Å²) in [6, 6.07) is 0.320. The maximum absolute atomic E-state index is 12.6. The van der Waals surface area contributed by atoms with Gasteiger partial charge in [0.15, 0.2) is 0 Å². The van der Waals surface area contributed by atoms with Gasteiger partial charge in [-0.2, -0.15) is 0 Å². The van der Waals surface area contributed by atoms with Crippen LogP contribution in [0.1, 0.15) is 51.1 Å². The zero-order valence-electron chi connectivity index (χ0n) is 15.1. The maximum Gasteiger partial charge on any atom is 0.274 e. The number of nitrogens with zero attached hydrogens (tertiary/aromatic N) is 4. The van der Waals surface area contributed by atoms with Crippen LogP contribution in [0.4, 0.5) is 0 Å². The lowest BCUT2D eigenvalue weighted by Gasteiger charge is -2.23. The zero-order chi connectivity index (χ0) is 17.2. The van der Waals surface area contributed by atoms with Crippen molar-refractivity contribution in [1.29, 1.82) is 0 Å². The Hall–Kier alpha value is -1.85. The molecule has 130 valence electrons. The molecule has 6 nitrogen and oxygen atoms in total. The van der Waals surface area contributed by atoms with Gasteiger partial charge in [-0.15, -0.1) is 0 Å². The van der Waals surface area contributed by atoms with Crippen molar-refractivity contribution in [2.45, 2.75) is 46.3 Å². The van der Waals surface area contributed by atoms with Gasteiger partial charge in [0.05, 0.1) is 12.0 Å². The average Bonchev–Trinajstić information content (AvgIpc) is 2.97. The molecule has 1 saturated carbocycles. The van der Waals surface area contributed by atoms with Gasteiger partial charge in [-0.3, -0.25) is 4.79 Å². The van der Waals surface area contributed by atoms with E-state index < -0.39 is 0 Å². The highest BCUT2D eigenvalue weighted by molar-refractivity contribution is 5.95. The highest BCUT2D eigenvalue weighted by Crippen LogP contribution is 2.55. The lowest BCUT2D eigenvalue weighted by molar-refractivity contribution is -0.0103. The molecule has 0 radical (unpaired) electrons. The van der Waals surface area contributed by atoms with Crippen molar-refractivity contribution in [1.82, 2.24) is 14.5 Å². The summed E-state index contributed by atoms with van der Waals surface area (Å²) in [6.07, 6.45) is 3.60. The first-order valence-electron chi connectivity index (χ1n) is 8.88. The quantitative estimate of drug-likeness (QED) is 0.856. The number of imidazole rings is 1. The van der Waals surface area contributed by atoms with E-state index in [0.29, 0.717) is 35.4 Å². The van der Waals surface area contributed by atoms with Gasteiger partial charge in [0.2, 0.25) is 0 Å². The minimum Gasteiger partial charge on any atom is -0.389 e. The Balaban J connectivity index is 1.39. The van der Waals surface area contributed by atoms with E-state index in [2.05, 4.69) is 44.8 Å². The van der Waals surface area contributed by atoms with Gasteiger partial charge in [-0.05, 0) is 39.5 Å². The first-order chi connectivity index (χ1) is 11.3. The molecule has 1 aliphatic carbocycles. The van der Waals surface area contributed by atoms with E-state index in [-0.39, 0.29) is 11.5 Å². The predicted octanol–water partition coefficient (Wildman–Crippen LogP) is 2.58. The largest absolute Gasteiger partial charge is 0.389 e. The third kappa shape index (κ3) is 2.26. The molecule has 0 spiro atoms. The summed E-state index contributed by atoms with van der Waals surface area (Å²) >= 11 is 0. The van der Waals surface area contributed by atoms with Crippen LogP contribution in [0.25, 0.3) is 0 Å². The number of oxime groups is 1. The molecule has 1 amide bonds. The Kier molecular flexibility index (Phi) is 3.31. The molecule has 6 heteroatoms. The average molecular weight is 330 g/mol. The van der Waals surface area contributed by atoms with Crippen molar-refractivity contribution in [3.8, 4) is 0 Å². The molecule has 1 saturated heterocycles. The van der Waals surface area contributed by atoms with Crippen molar-refractivity contribution in [2.75, 3.05) is 13.1 Å². The van der Waals surface area contributed by atoms with E-state index in [4.69, 9.17) is 4.84 Å². The molecule has 0 N–H and O–H groups in total. The van der Waals surface area contributed by atoms with Gasteiger partial charge in [-0.1, -0.05) is 12.1 Å². The molecule has 1 aromatic rings. The molecule has 3 aliphatic rings. The van der Waals surface area contributed by atoms with Gasteiger partial charge in [-0.25, -0.2) is 4.98 Å². The van der Waals surface area contributed by atoms with Gasteiger partial charge in [0.1, 0.15) is 11.3 Å². The van der Waals surface area contributed by atoms with Crippen LogP contribution in [0.2, 0.25) is 0 Å². The number of likely N-dealkylation sites (tertiary alicyclic amines) is 1. The maximum atomic E-state index is 12.6. The first-order valence-corrected chi connectivity index (χ1v) is 8.88. The number of hydrogen-bond donors (Lipinski definition) is 0. The van der Waals surface area contributed by atoms with Crippen molar-refractivity contribution in [3.63, 3.8) is 0 Å². The molecular weight excluding hydrogens is 304 g/mol. The second-order valence-corrected chi connectivity index (χ2v) is 8.30. The molecule has 4 rings (SSSR count). The summed E-state index contributed by atoms with van der Waals surface area (Å²) in [7, 11) is 0. The summed E-state index contributed by atoms with van der Waals surface area (Å²) in [5.41, 5.74) is 1.55. The lowest BCUT2D eigenvalue weighted by atomic mass is 9.86. The third-order valence-corrected chi connectivity index (χ3v) is 6.11. The monoisotopic (exact) mass is 330 g/mol. The number of fused-ring (bicyclic) bond motifs is 1. The third-order valence-electron chi connectivity index (χ3n) is 6.11. The number of amides is 1. The molecule has 1 aromatic heterocycles. The fourth-order valence-corrected chi connectivity index (χ4v) is 4.06. The highest BCUT2D eigenvalue weighted by atomic mass is 16.7. The summed E-state index contributed by atoms with van der Waals surface area (Å²) in [5, 5.41) is 4.36. The summed E-state index contributed by atoms with van der Waals surface area (Å²) in [5.74, 6) is 1.98. The van der Waals surface area contributed by atoms with Crippen LogP contribution in [-0.2, 0) is 4.84 Å². The van der Waals surface area contributed by atoms with E-state index in [1.54, 1.807) is 6.33 Å². The molecule has 2 fully saturated rings. The van der Waals surface area contributed by atoms with E-state index in [0.717, 1.165) is 13.1 Å². The molecular formula is C18H26N4O2. The number of piperidine rings is 1. The molecule has 0 bridgehead atoms. The van der Waals surface area contributed by atoms with Crippen LogP contribution < -0.4 is 0 Å². The summed E-state index contributed by atoms with van der Waals surface area (Å²) in [4.78, 5) is 24.5. The van der Waals surface area contributed by atoms with Gasteiger partial charge in [0, 0.05) is 37.2 Å². The molecule has 1 unspecified atom stereocenters. The summed E-state index contributed by atoms with van der Waals surface area (Å²) in [6.45, 7) is 12.2. The van der Waals surface area contributed by atoms with E-state index >= 15 is 0 Å². The number of aromatic nitrogens is 2. The van der Waals surface area contributed by atoms with Crippen molar-refractivity contribution >= 4 is 11.6 Å².